The monoisotopic (exact) mass is 193 g/mol. The van der Waals surface area contributed by atoms with E-state index in [1.807, 2.05) is 38.1 Å². The lowest BCUT2D eigenvalue weighted by Gasteiger charge is -2.14. The van der Waals surface area contributed by atoms with E-state index in [0.717, 1.165) is 11.3 Å². The molecular weight excluding hydrogens is 178 g/mol. The van der Waals surface area contributed by atoms with E-state index in [-0.39, 0.29) is 5.97 Å². The maximum Gasteiger partial charge on any atom is 0.338 e. The molecule has 0 bridgehead atoms. The average Bonchev–Trinajstić information content (AvgIpc) is 2.16. The molecule has 0 saturated carbocycles. The number of esters is 1. The Labute approximate surface area is 84.3 Å². The first-order chi connectivity index (χ1) is 6.56. The number of carbonyl (C=O) groups excluding carboxylic acids is 1. The summed E-state index contributed by atoms with van der Waals surface area (Å²) in [7, 11) is 5.32. The van der Waals surface area contributed by atoms with Gasteiger partial charge in [-0.1, -0.05) is 0 Å². The highest BCUT2D eigenvalue weighted by Crippen LogP contribution is 2.17. The fourth-order valence-electron chi connectivity index (χ4n) is 1.27. The van der Waals surface area contributed by atoms with E-state index < -0.39 is 0 Å². The van der Waals surface area contributed by atoms with Crippen molar-refractivity contribution in [3.05, 3.63) is 29.3 Å². The van der Waals surface area contributed by atoms with Crippen LogP contribution in [-0.2, 0) is 4.74 Å². The molecule has 0 aliphatic rings. The Morgan fingerprint density at radius 3 is 2.43 bits per heavy atom. The molecule has 3 nitrogen and oxygen atoms in total. The van der Waals surface area contributed by atoms with E-state index in [4.69, 9.17) is 0 Å². The fourth-order valence-corrected chi connectivity index (χ4v) is 1.27. The number of aryl methyl sites for hydroxylation is 1. The molecule has 0 heterocycles. The minimum atomic E-state index is -0.284. The van der Waals surface area contributed by atoms with E-state index in [2.05, 4.69) is 4.74 Å². The topological polar surface area (TPSA) is 29.5 Å². The second-order valence-electron chi connectivity index (χ2n) is 3.39. The summed E-state index contributed by atoms with van der Waals surface area (Å²) in [6, 6.07) is 5.65. The lowest BCUT2D eigenvalue weighted by Crippen LogP contribution is -2.10. The largest absolute Gasteiger partial charge is 0.465 e. The van der Waals surface area contributed by atoms with Crippen molar-refractivity contribution in [2.45, 2.75) is 6.92 Å². The summed E-state index contributed by atoms with van der Waals surface area (Å²) < 4.78 is 4.66. The molecule has 0 radical (unpaired) electrons. The zero-order valence-electron chi connectivity index (χ0n) is 9.00. The zero-order chi connectivity index (χ0) is 10.7. The summed E-state index contributed by atoms with van der Waals surface area (Å²) >= 11 is 0. The number of ether oxygens (including phenoxy) is 1. The van der Waals surface area contributed by atoms with Gasteiger partial charge in [-0.2, -0.15) is 0 Å². The number of carbonyl (C=O) groups is 1. The van der Waals surface area contributed by atoms with Crippen molar-refractivity contribution >= 4 is 11.7 Å². The SMILES string of the molecule is COC(=O)c1ccc(N(C)C)cc1C. The van der Waals surface area contributed by atoms with Crippen molar-refractivity contribution in [3.63, 3.8) is 0 Å². The standard InChI is InChI=1S/C11H15NO2/c1-8-7-9(12(2)3)5-6-10(8)11(13)14-4/h5-7H,1-4H3. The molecule has 0 fully saturated rings. The van der Waals surface area contributed by atoms with Crippen LogP contribution < -0.4 is 4.90 Å². The molecule has 1 aromatic carbocycles. The maximum atomic E-state index is 11.3. The summed E-state index contributed by atoms with van der Waals surface area (Å²) in [4.78, 5) is 13.3. The number of rotatable bonds is 2. The third kappa shape index (κ3) is 2.05. The van der Waals surface area contributed by atoms with Gasteiger partial charge in [-0.15, -0.1) is 0 Å². The van der Waals surface area contributed by atoms with Gasteiger partial charge in [0.2, 0.25) is 0 Å². The Morgan fingerprint density at radius 2 is 2.00 bits per heavy atom. The smallest absolute Gasteiger partial charge is 0.338 e. The highest BCUT2D eigenvalue weighted by atomic mass is 16.5. The van der Waals surface area contributed by atoms with Crippen molar-refractivity contribution in [3.8, 4) is 0 Å². The third-order valence-electron chi connectivity index (χ3n) is 2.13. The van der Waals surface area contributed by atoms with Crippen molar-refractivity contribution in [2.24, 2.45) is 0 Å². The summed E-state index contributed by atoms with van der Waals surface area (Å²) in [5.41, 5.74) is 2.64. The molecule has 76 valence electrons. The maximum absolute atomic E-state index is 11.3. The molecular formula is C11H15NO2. The van der Waals surface area contributed by atoms with Gasteiger partial charge in [-0.3, -0.25) is 0 Å². The number of nitrogens with zero attached hydrogens (tertiary/aromatic N) is 1. The fraction of sp³-hybridized carbons (Fsp3) is 0.364. The van der Waals surface area contributed by atoms with Gasteiger partial charge in [0.05, 0.1) is 12.7 Å². The summed E-state index contributed by atoms with van der Waals surface area (Å²) in [6.45, 7) is 1.90. The van der Waals surface area contributed by atoms with Gasteiger partial charge < -0.3 is 9.64 Å². The van der Waals surface area contributed by atoms with Gasteiger partial charge in [0.15, 0.2) is 0 Å². The molecule has 0 N–H and O–H groups in total. The first-order valence-corrected chi connectivity index (χ1v) is 4.42. The number of anilines is 1. The van der Waals surface area contributed by atoms with Crippen LogP contribution in [0.1, 0.15) is 15.9 Å². The van der Waals surface area contributed by atoms with Crippen LogP contribution in [0, 0.1) is 6.92 Å². The predicted molar refractivity (Wildman–Crippen MR) is 56.8 cm³/mol. The van der Waals surface area contributed by atoms with E-state index in [0.29, 0.717) is 5.56 Å². The number of methoxy groups -OCH3 is 1. The highest BCUT2D eigenvalue weighted by molar-refractivity contribution is 5.91. The van der Waals surface area contributed by atoms with E-state index >= 15 is 0 Å². The van der Waals surface area contributed by atoms with Gasteiger partial charge in [-0.25, -0.2) is 4.79 Å². The van der Waals surface area contributed by atoms with E-state index in [9.17, 15) is 4.79 Å². The van der Waals surface area contributed by atoms with Crippen molar-refractivity contribution < 1.29 is 9.53 Å². The lowest BCUT2D eigenvalue weighted by molar-refractivity contribution is 0.0600. The lowest BCUT2D eigenvalue weighted by atomic mass is 10.1. The molecule has 0 aromatic heterocycles. The van der Waals surface area contributed by atoms with Crippen LogP contribution in [0.15, 0.2) is 18.2 Å². The van der Waals surface area contributed by atoms with Gasteiger partial charge in [0.1, 0.15) is 0 Å². The van der Waals surface area contributed by atoms with Crippen molar-refractivity contribution in [1.82, 2.24) is 0 Å². The van der Waals surface area contributed by atoms with Gasteiger partial charge in [0, 0.05) is 19.8 Å². The summed E-state index contributed by atoms with van der Waals surface area (Å²) in [5.74, 6) is -0.284. The molecule has 0 amide bonds. The Morgan fingerprint density at radius 1 is 1.36 bits per heavy atom. The minimum absolute atomic E-state index is 0.284. The van der Waals surface area contributed by atoms with Crippen LogP contribution in [0.3, 0.4) is 0 Å². The average molecular weight is 193 g/mol. The number of hydrogen-bond acceptors (Lipinski definition) is 3. The summed E-state index contributed by atoms with van der Waals surface area (Å²) in [5, 5.41) is 0. The molecule has 0 spiro atoms. The normalized spacial score (nSPS) is 9.71. The van der Waals surface area contributed by atoms with Crippen LogP contribution >= 0.6 is 0 Å². The van der Waals surface area contributed by atoms with E-state index in [1.54, 1.807) is 6.07 Å². The Balaban J connectivity index is 3.07. The minimum Gasteiger partial charge on any atom is -0.465 e. The number of hydrogen-bond donors (Lipinski definition) is 0. The number of benzene rings is 1. The quantitative estimate of drug-likeness (QED) is 0.671. The Hall–Kier alpha value is -1.51. The zero-order valence-corrected chi connectivity index (χ0v) is 9.00. The van der Waals surface area contributed by atoms with Gasteiger partial charge in [0.25, 0.3) is 0 Å². The predicted octanol–water partition coefficient (Wildman–Crippen LogP) is 1.85. The molecule has 1 aromatic rings. The first-order valence-electron chi connectivity index (χ1n) is 4.42. The molecule has 0 atom stereocenters. The van der Waals surface area contributed by atoms with Crippen molar-refractivity contribution in [1.29, 1.82) is 0 Å². The second kappa shape index (κ2) is 4.13. The molecule has 14 heavy (non-hydrogen) atoms. The Kier molecular flexibility index (Phi) is 3.12. The van der Waals surface area contributed by atoms with Crippen LogP contribution in [-0.4, -0.2) is 27.2 Å². The van der Waals surface area contributed by atoms with Crippen molar-refractivity contribution in [2.75, 3.05) is 26.1 Å². The Bertz CT molecular complexity index is 345. The molecule has 0 unspecified atom stereocenters. The van der Waals surface area contributed by atoms with Gasteiger partial charge in [-0.05, 0) is 30.7 Å². The van der Waals surface area contributed by atoms with E-state index in [1.165, 1.54) is 7.11 Å². The summed E-state index contributed by atoms with van der Waals surface area (Å²) in [6.07, 6.45) is 0. The van der Waals surface area contributed by atoms with Crippen LogP contribution in [0.4, 0.5) is 5.69 Å². The van der Waals surface area contributed by atoms with Crippen LogP contribution in [0.25, 0.3) is 0 Å². The van der Waals surface area contributed by atoms with Gasteiger partial charge >= 0.3 is 5.97 Å². The molecule has 3 heteroatoms. The first kappa shape index (κ1) is 10.6. The highest BCUT2D eigenvalue weighted by Gasteiger charge is 2.09. The molecule has 0 saturated heterocycles. The van der Waals surface area contributed by atoms with Crippen LogP contribution in [0.5, 0.6) is 0 Å². The van der Waals surface area contributed by atoms with Crippen LogP contribution in [0.2, 0.25) is 0 Å². The molecule has 0 aliphatic carbocycles. The second-order valence-corrected chi connectivity index (χ2v) is 3.39. The third-order valence-corrected chi connectivity index (χ3v) is 2.13. The molecule has 0 aliphatic heterocycles. The molecule has 1 rings (SSSR count).